The average molecular weight is 309 g/mol. The summed E-state index contributed by atoms with van der Waals surface area (Å²) in [6.07, 6.45) is 2.78. The van der Waals surface area contributed by atoms with Gasteiger partial charge in [0.2, 0.25) is 0 Å². The molecule has 1 aliphatic heterocycles. The number of rotatable bonds is 5. The first-order valence-corrected chi connectivity index (χ1v) is 8.45. The number of ether oxygens (including phenoxy) is 1. The molecule has 1 saturated carbocycles. The Balaban J connectivity index is 1.39. The van der Waals surface area contributed by atoms with Crippen molar-refractivity contribution in [3.05, 3.63) is 34.9 Å². The fourth-order valence-corrected chi connectivity index (χ4v) is 3.51. The highest BCUT2D eigenvalue weighted by molar-refractivity contribution is 6.30. The molecule has 1 atom stereocenters. The first-order valence-electron chi connectivity index (χ1n) is 8.07. The van der Waals surface area contributed by atoms with Crippen LogP contribution in [-0.4, -0.2) is 49.8 Å². The van der Waals surface area contributed by atoms with Crippen LogP contribution in [0.5, 0.6) is 0 Å². The summed E-state index contributed by atoms with van der Waals surface area (Å²) in [4.78, 5) is 2.46. The largest absolute Gasteiger partial charge is 0.374 e. The van der Waals surface area contributed by atoms with Gasteiger partial charge < -0.3 is 10.1 Å². The third-order valence-corrected chi connectivity index (χ3v) is 5.00. The lowest BCUT2D eigenvalue weighted by Gasteiger charge is -2.38. The minimum absolute atomic E-state index is 0.351. The summed E-state index contributed by atoms with van der Waals surface area (Å²) in [5.41, 5.74) is 1.38. The van der Waals surface area contributed by atoms with E-state index in [1.54, 1.807) is 0 Å². The Kier molecular flexibility index (Phi) is 5.17. The molecule has 1 N–H and O–H groups in total. The van der Waals surface area contributed by atoms with Crippen LogP contribution in [0.15, 0.2) is 24.3 Å². The summed E-state index contributed by atoms with van der Waals surface area (Å²) in [7, 11) is 0. The van der Waals surface area contributed by atoms with Gasteiger partial charge in [0.1, 0.15) is 0 Å². The average Bonchev–Trinajstić information content (AvgIpc) is 2.46. The van der Waals surface area contributed by atoms with E-state index in [2.05, 4.69) is 29.3 Å². The molecule has 3 rings (SSSR count). The smallest absolute Gasteiger partial charge is 0.0826 e. The Bertz CT molecular complexity index is 462. The Hall–Kier alpha value is -0.610. The van der Waals surface area contributed by atoms with Gasteiger partial charge in [0.05, 0.1) is 12.7 Å². The van der Waals surface area contributed by atoms with Crippen molar-refractivity contribution in [3.63, 3.8) is 0 Å². The zero-order chi connectivity index (χ0) is 14.7. The van der Waals surface area contributed by atoms with Gasteiger partial charge in [-0.1, -0.05) is 30.7 Å². The monoisotopic (exact) mass is 308 g/mol. The molecule has 1 aromatic rings. The molecule has 3 nitrogen and oxygen atoms in total. The summed E-state index contributed by atoms with van der Waals surface area (Å²) >= 11 is 6.06. The minimum atomic E-state index is 0.351. The van der Waals surface area contributed by atoms with E-state index in [1.807, 2.05) is 12.1 Å². The van der Waals surface area contributed by atoms with Crippen molar-refractivity contribution >= 4 is 11.6 Å². The molecule has 0 bridgehead atoms. The van der Waals surface area contributed by atoms with E-state index in [1.165, 1.54) is 18.4 Å². The second kappa shape index (κ2) is 7.10. The Morgan fingerprint density at radius 2 is 2.24 bits per heavy atom. The molecule has 2 fully saturated rings. The topological polar surface area (TPSA) is 24.5 Å². The van der Waals surface area contributed by atoms with E-state index in [-0.39, 0.29) is 0 Å². The fraction of sp³-hybridized carbons (Fsp3) is 0.647. The number of hydrogen-bond donors (Lipinski definition) is 1. The van der Waals surface area contributed by atoms with Crippen molar-refractivity contribution in [2.24, 2.45) is 0 Å². The van der Waals surface area contributed by atoms with Crippen LogP contribution in [0.25, 0.3) is 0 Å². The number of morpholine rings is 1. The summed E-state index contributed by atoms with van der Waals surface area (Å²) < 4.78 is 5.83. The molecule has 1 saturated heterocycles. The number of halogens is 1. The van der Waals surface area contributed by atoms with Gasteiger partial charge >= 0.3 is 0 Å². The number of likely N-dealkylation sites (N-methyl/N-ethyl adjacent to an activating group) is 1. The Labute approximate surface area is 132 Å². The van der Waals surface area contributed by atoms with Crippen LogP contribution in [0.1, 0.15) is 31.2 Å². The van der Waals surface area contributed by atoms with Crippen LogP contribution < -0.4 is 5.32 Å². The van der Waals surface area contributed by atoms with Gasteiger partial charge in [-0.05, 0) is 43.0 Å². The van der Waals surface area contributed by atoms with E-state index in [0.717, 1.165) is 37.8 Å². The van der Waals surface area contributed by atoms with Crippen LogP contribution >= 0.6 is 11.6 Å². The van der Waals surface area contributed by atoms with E-state index < -0.39 is 0 Å². The van der Waals surface area contributed by atoms with Gasteiger partial charge in [-0.3, -0.25) is 4.90 Å². The molecule has 1 heterocycles. The number of hydrogen-bond acceptors (Lipinski definition) is 3. The second-order valence-electron chi connectivity index (χ2n) is 6.21. The van der Waals surface area contributed by atoms with E-state index in [4.69, 9.17) is 16.3 Å². The molecular weight excluding hydrogens is 284 g/mol. The molecule has 1 aliphatic carbocycles. The van der Waals surface area contributed by atoms with E-state index in [9.17, 15) is 0 Å². The lowest BCUT2D eigenvalue weighted by molar-refractivity contribution is -0.0276. The third-order valence-electron chi connectivity index (χ3n) is 4.76. The SMILES string of the molecule is CCN1CCOC(CNC2CC(c3cccc(Cl)c3)C2)C1. The maximum Gasteiger partial charge on any atom is 0.0826 e. The van der Waals surface area contributed by atoms with Crippen LogP contribution in [0.2, 0.25) is 5.02 Å². The van der Waals surface area contributed by atoms with Crippen LogP contribution in [-0.2, 0) is 4.74 Å². The maximum absolute atomic E-state index is 6.06. The zero-order valence-corrected chi connectivity index (χ0v) is 13.5. The maximum atomic E-state index is 6.06. The lowest BCUT2D eigenvalue weighted by atomic mass is 9.76. The van der Waals surface area contributed by atoms with Crippen LogP contribution in [0.3, 0.4) is 0 Å². The molecule has 0 radical (unpaired) electrons. The second-order valence-corrected chi connectivity index (χ2v) is 6.65. The molecule has 1 unspecified atom stereocenters. The number of nitrogens with zero attached hydrogens (tertiary/aromatic N) is 1. The zero-order valence-electron chi connectivity index (χ0n) is 12.7. The minimum Gasteiger partial charge on any atom is -0.374 e. The summed E-state index contributed by atoms with van der Waals surface area (Å²) in [5.74, 6) is 0.667. The standard InChI is InChI=1S/C17H25ClN2O/c1-2-20-6-7-21-17(12-20)11-19-16-9-14(10-16)13-4-3-5-15(18)8-13/h3-5,8,14,16-17,19H,2,6-7,9-12H2,1H3. The molecule has 2 aliphatic rings. The van der Waals surface area contributed by atoms with Gasteiger partial charge in [-0.15, -0.1) is 0 Å². The molecule has 0 spiro atoms. The van der Waals surface area contributed by atoms with Crippen molar-refractivity contribution in [1.82, 2.24) is 10.2 Å². The van der Waals surface area contributed by atoms with E-state index >= 15 is 0 Å². The van der Waals surface area contributed by atoms with Crippen molar-refractivity contribution in [1.29, 1.82) is 0 Å². The highest BCUT2D eigenvalue weighted by atomic mass is 35.5. The Morgan fingerprint density at radius 1 is 1.38 bits per heavy atom. The van der Waals surface area contributed by atoms with Crippen molar-refractivity contribution in [3.8, 4) is 0 Å². The summed E-state index contributed by atoms with van der Waals surface area (Å²) in [6.45, 7) is 7.33. The van der Waals surface area contributed by atoms with Gasteiger partial charge in [-0.2, -0.15) is 0 Å². The molecule has 0 amide bonds. The third kappa shape index (κ3) is 3.98. The molecule has 116 valence electrons. The quantitative estimate of drug-likeness (QED) is 0.905. The van der Waals surface area contributed by atoms with Gasteiger partial charge in [0.15, 0.2) is 0 Å². The van der Waals surface area contributed by atoms with Crippen molar-refractivity contribution in [2.45, 2.75) is 37.8 Å². The lowest BCUT2D eigenvalue weighted by Crippen LogP contribution is -2.50. The van der Waals surface area contributed by atoms with Crippen LogP contribution in [0, 0.1) is 0 Å². The van der Waals surface area contributed by atoms with E-state index in [0.29, 0.717) is 18.1 Å². The van der Waals surface area contributed by atoms with Gasteiger partial charge in [0.25, 0.3) is 0 Å². The predicted molar refractivity (Wildman–Crippen MR) is 87.1 cm³/mol. The molecule has 4 heteroatoms. The van der Waals surface area contributed by atoms with Crippen molar-refractivity contribution in [2.75, 3.05) is 32.8 Å². The summed E-state index contributed by atoms with van der Waals surface area (Å²) in [5, 5.41) is 4.51. The first kappa shape index (κ1) is 15.3. The van der Waals surface area contributed by atoms with Crippen LogP contribution in [0.4, 0.5) is 0 Å². The first-order chi connectivity index (χ1) is 10.2. The number of benzene rings is 1. The summed E-state index contributed by atoms with van der Waals surface area (Å²) in [6, 6.07) is 8.92. The molecule has 0 aromatic heterocycles. The van der Waals surface area contributed by atoms with Crippen molar-refractivity contribution < 1.29 is 4.74 Å². The fourth-order valence-electron chi connectivity index (χ4n) is 3.31. The Morgan fingerprint density at radius 3 is 3.00 bits per heavy atom. The highest BCUT2D eigenvalue weighted by Crippen LogP contribution is 2.37. The highest BCUT2D eigenvalue weighted by Gasteiger charge is 2.31. The molecule has 21 heavy (non-hydrogen) atoms. The number of nitrogens with one attached hydrogen (secondary N) is 1. The molecule has 1 aromatic carbocycles. The van der Waals surface area contributed by atoms with Gasteiger partial charge in [-0.25, -0.2) is 0 Å². The molecular formula is C17H25ClN2O. The predicted octanol–water partition coefficient (Wildman–Crippen LogP) is 2.90. The normalized spacial score (nSPS) is 30.1. The van der Waals surface area contributed by atoms with Gasteiger partial charge in [0, 0.05) is 30.7 Å².